The first-order valence-electron chi connectivity index (χ1n) is 6.13. The van der Waals surface area contributed by atoms with Gasteiger partial charge in [-0.1, -0.05) is 13.8 Å². The van der Waals surface area contributed by atoms with Crippen molar-refractivity contribution in [1.82, 2.24) is 10.2 Å². The van der Waals surface area contributed by atoms with Crippen LogP contribution >= 0.6 is 0 Å². The van der Waals surface area contributed by atoms with Crippen molar-refractivity contribution < 1.29 is 9.84 Å². The normalized spacial score (nSPS) is 22.5. The average molecular weight is 230 g/mol. The molecule has 2 N–H and O–H groups in total. The van der Waals surface area contributed by atoms with E-state index in [1.807, 2.05) is 0 Å². The Hall–Kier alpha value is -0.160. The van der Waals surface area contributed by atoms with Crippen LogP contribution in [-0.4, -0.2) is 62.6 Å². The Bertz CT molecular complexity index is 197. The molecule has 0 saturated carbocycles. The van der Waals surface area contributed by atoms with Crippen LogP contribution in [0.5, 0.6) is 0 Å². The van der Waals surface area contributed by atoms with Gasteiger partial charge in [-0.2, -0.15) is 0 Å². The zero-order valence-corrected chi connectivity index (χ0v) is 10.8. The zero-order valence-electron chi connectivity index (χ0n) is 10.8. The third kappa shape index (κ3) is 5.25. The number of nitrogens with zero attached hydrogens (tertiary/aromatic N) is 1. The summed E-state index contributed by atoms with van der Waals surface area (Å²) in [6, 6.07) is 0. The predicted molar refractivity (Wildman–Crippen MR) is 65.6 cm³/mol. The highest BCUT2D eigenvalue weighted by molar-refractivity contribution is 4.83. The minimum Gasteiger partial charge on any atom is -0.390 e. The van der Waals surface area contributed by atoms with Crippen molar-refractivity contribution in [3.63, 3.8) is 0 Å². The number of hydrogen-bond acceptors (Lipinski definition) is 4. The number of rotatable bonds is 7. The SMILES string of the molecule is COCCNCC(O)CN1CCC(C)(C)C1. The first-order valence-corrected chi connectivity index (χ1v) is 6.13. The quantitative estimate of drug-likeness (QED) is 0.618. The topological polar surface area (TPSA) is 44.7 Å². The highest BCUT2D eigenvalue weighted by Crippen LogP contribution is 2.28. The number of β-amino-alcohol motifs (C(OH)–C–C–N with tert-alkyl or cyclic N) is 1. The lowest BCUT2D eigenvalue weighted by atomic mass is 9.93. The molecule has 1 aliphatic rings. The summed E-state index contributed by atoms with van der Waals surface area (Å²) in [6.45, 7) is 9.73. The molecule has 0 amide bonds. The molecule has 1 atom stereocenters. The third-order valence-electron chi connectivity index (χ3n) is 3.09. The molecular formula is C12H26N2O2. The number of nitrogens with one attached hydrogen (secondary N) is 1. The number of aliphatic hydroxyl groups excluding tert-OH is 1. The Morgan fingerprint density at radius 3 is 2.81 bits per heavy atom. The Labute approximate surface area is 99.0 Å². The van der Waals surface area contributed by atoms with E-state index in [1.165, 1.54) is 6.42 Å². The van der Waals surface area contributed by atoms with Gasteiger partial charge in [0.25, 0.3) is 0 Å². The molecule has 4 heteroatoms. The van der Waals surface area contributed by atoms with Gasteiger partial charge < -0.3 is 20.1 Å². The number of likely N-dealkylation sites (tertiary alicyclic amines) is 1. The lowest BCUT2D eigenvalue weighted by Crippen LogP contribution is -2.38. The Morgan fingerprint density at radius 1 is 1.50 bits per heavy atom. The molecular weight excluding hydrogens is 204 g/mol. The molecule has 4 nitrogen and oxygen atoms in total. The van der Waals surface area contributed by atoms with E-state index in [2.05, 4.69) is 24.1 Å². The highest BCUT2D eigenvalue weighted by atomic mass is 16.5. The van der Waals surface area contributed by atoms with Crippen LogP contribution in [0.1, 0.15) is 20.3 Å². The highest BCUT2D eigenvalue weighted by Gasteiger charge is 2.29. The van der Waals surface area contributed by atoms with Crippen LogP contribution in [0.15, 0.2) is 0 Å². The van der Waals surface area contributed by atoms with Crippen LogP contribution < -0.4 is 5.32 Å². The second-order valence-electron chi connectivity index (χ2n) is 5.50. The van der Waals surface area contributed by atoms with Crippen LogP contribution in [0, 0.1) is 5.41 Å². The van der Waals surface area contributed by atoms with Crippen LogP contribution in [0.25, 0.3) is 0 Å². The van der Waals surface area contributed by atoms with Crippen LogP contribution in [0.2, 0.25) is 0 Å². The Kier molecular flexibility index (Phi) is 5.69. The first-order chi connectivity index (χ1) is 7.53. The van der Waals surface area contributed by atoms with Gasteiger partial charge in [0.1, 0.15) is 0 Å². The fourth-order valence-corrected chi connectivity index (χ4v) is 2.19. The standard InChI is InChI=1S/C12H26N2O2/c1-12(2)4-6-14(10-12)9-11(15)8-13-5-7-16-3/h11,13,15H,4-10H2,1-3H3. The van der Waals surface area contributed by atoms with Gasteiger partial charge in [0, 0.05) is 33.3 Å². The summed E-state index contributed by atoms with van der Waals surface area (Å²) in [5.74, 6) is 0. The molecule has 16 heavy (non-hydrogen) atoms. The molecule has 1 aliphatic heterocycles. The van der Waals surface area contributed by atoms with Crippen molar-refractivity contribution in [3.05, 3.63) is 0 Å². The Morgan fingerprint density at radius 2 is 2.25 bits per heavy atom. The maximum Gasteiger partial charge on any atom is 0.0791 e. The van der Waals surface area contributed by atoms with E-state index in [0.717, 1.165) is 26.2 Å². The number of ether oxygens (including phenoxy) is 1. The van der Waals surface area contributed by atoms with Crippen molar-refractivity contribution in [1.29, 1.82) is 0 Å². The fourth-order valence-electron chi connectivity index (χ4n) is 2.19. The zero-order chi connectivity index (χ0) is 12.0. The second-order valence-corrected chi connectivity index (χ2v) is 5.50. The summed E-state index contributed by atoms with van der Waals surface area (Å²) in [5.41, 5.74) is 0.420. The summed E-state index contributed by atoms with van der Waals surface area (Å²) in [4.78, 5) is 2.35. The van der Waals surface area contributed by atoms with E-state index < -0.39 is 0 Å². The summed E-state index contributed by atoms with van der Waals surface area (Å²) in [7, 11) is 1.68. The molecule has 1 saturated heterocycles. The van der Waals surface area contributed by atoms with E-state index in [9.17, 15) is 5.11 Å². The average Bonchev–Trinajstić information content (AvgIpc) is 2.53. The molecule has 0 bridgehead atoms. The van der Waals surface area contributed by atoms with Gasteiger partial charge in [0.2, 0.25) is 0 Å². The van der Waals surface area contributed by atoms with Gasteiger partial charge in [-0.05, 0) is 18.4 Å². The minimum atomic E-state index is -0.272. The molecule has 0 spiro atoms. The molecule has 1 heterocycles. The van der Waals surface area contributed by atoms with Gasteiger partial charge in [-0.3, -0.25) is 0 Å². The van der Waals surface area contributed by atoms with Crippen molar-refractivity contribution in [2.45, 2.75) is 26.4 Å². The van der Waals surface area contributed by atoms with Gasteiger partial charge in [0.05, 0.1) is 12.7 Å². The maximum absolute atomic E-state index is 9.83. The molecule has 1 fully saturated rings. The second kappa shape index (κ2) is 6.55. The summed E-state index contributed by atoms with van der Waals surface area (Å²) in [5, 5.41) is 13.0. The number of hydrogen-bond donors (Lipinski definition) is 2. The fraction of sp³-hybridized carbons (Fsp3) is 1.00. The maximum atomic E-state index is 9.83. The van der Waals surface area contributed by atoms with Gasteiger partial charge in [0.15, 0.2) is 0 Å². The van der Waals surface area contributed by atoms with E-state index in [-0.39, 0.29) is 6.10 Å². The predicted octanol–water partition coefficient (Wildman–Crippen LogP) is 0.315. The van der Waals surface area contributed by atoms with Crippen molar-refractivity contribution in [3.8, 4) is 0 Å². The lowest BCUT2D eigenvalue weighted by Gasteiger charge is -2.22. The first kappa shape index (κ1) is 13.9. The van der Waals surface area contributed by atoms with E-state index in [1.54, 1.807) is 7.11 Å². The summed E-state index contributed by atoms with van der Waals surface area (Å²) in [6.07, 6.45) is 0.961. The van der Waals surface area contributed by atoms with E-state index in [0.29, 0.717) is 18.6 Å². The minimum absolute atomic E-state index is 0.272. The van der Waals surface area contributed by atoms with Crippen molar-refractivity contribution in [2.75, 3.05) is 46.4 Å². The molecule has 0 aliphatic carbocycles. The molecule has 0 aromatic heterocycles. The third-order valence-corrected chi connectivity index (χ3v) is 3.09. The number of aliphatic hydroxyl groups is 1. The van der Waals surface area contributed by atoms with Gasteiger partial charge >= 0.3 is 0 Å². The van der Waals surface area contributed by atoms with E-state index >= 15 is 0 Å². The monoisotopic (exact) mass is 230 g/mol. The molecule has 1 unspecified atom stereocenters. The molecule has 0 radical (unpaired) electrons. The lowest BCUT2D eigenvalue weighted by molar-refractivity contribution is 0.115. The molecule has 0 aromatic carbocycles. The Balaban J connectivity index is 2.08. The largest absolute Gasteiger partial charge is 0.390 e. The van der Waals surface area contributed by atoms with Crippen molar-refractivity contribution in [2.24, 2.45) is 5.41 Å². The molecule has 96 valence electrons. The molecule has 0 aromatic rings. The van der Waals surface area contributed by atoms with Crippen LogP contribution in [0.4, 0.5) is 0 Å². The summed E-state index contributed by atoms with van der Waals surface area (Å²) >= 11 is 0. The van der Waals surface area contributed by atoms with E-state index in [4.69, 9.17) is 4.74 Å². The summed E-state index contributed by atoms with van der Waals surface area (Å²) < 4.78 is 4.93. The van der Waals surface area contributed by atoms with Crippen LogP contribution in [0.3, 0.4) is 0 Å². The van der Waals surface area contributed by atoms with Crippen molar-refractivity contribution >= 4 is 0 Å². The smallest absolute Gasteiger partial charge is 0.0791 e. The van der Waals surface area contributed by atoms with Crippen LogP contribution in [-0.2, 0) is 4.74 Å². The number of methoxy groups -OCH3 is 1. The van der Waals surface area contributed by atoms with Gasteiger partial charge in [-0.25, -0.2) is 0 Å². The van der Waals surface area contributed by atoms with Gasteiger partial charge in [-0.15, -0.1) is 0 Å². The molecule has 1 rings (SSSR count).